The van der Waals surface area contributed by atoms with Gasteiger partial charge in [0.05, 0.1) is 0 Å². The van der Waals surface area contributed by atoms with Gasteiger partial charge in [-0.05, 0) is 0 Å². The van der Waals surface area contributed by atoms with E-state index in [2.05, 4.69) is 0 Å². The summed E-state index contributed by atoms with van der Waals surface area (Å²) >= 11 is 0. The molecule has 2 N–H and O–H groups in total. The van der Waals surface area contributed by atoms with Gasteiger partial charge in [0.15, 0.2) is 0 Å². The van der Waals surface area contributed by atoms with Crippen LogP contribution in [0.5, 0.6) is 0 Å². The maximum atomic E-state index is 10.4. The van der Waals surface area contributed by atoms with Crippen molar-refractivity contribution >= 4 is 7.91 Å². The second kappa shape index (κ2) is 1.94. The van der Waals surface area contributed by atoms with E-state index in [0.717, 1.165) is 0 Å². The van der Waals surface area contributed by atoms with Crippen LogP contribution in [0.2, 0.25) is 0 Å². The quantitative estimate of drug-likeness (QED) is 0.260. The van der Waals surface area contributed by atoms with E-state index >= 15 is 0 Å². The molecule has 0 unspecified atom stereocenters. The summed E-state index contributed by atoms with van der Waals surface area (Å²) in [5.41, 5.74) is 0. The van der Waals surface area contributed by atoms with Gasteiger partial charge in [0.1, 0.15) is 0 Å². The maximum absolute atomic E-state index is 10.4. The van der Waals surface area contributed by atoms with Crippen molar-refractivity contribution in [1.82, 2.24) is 0 Å². The van der Waals surface area contributed by atoms with Crippen LogP contribution in [0.15, 0.2) is 0 Å². The Morgan fingerprint density at radius 2 is 1.29 bits per heavy atom. The molecule has 0 aliphatic carbocycles. The van der Waals surface area contributed by atoms with Crippen LogP contribution in [-0.2, 0) is 0 Å². The van der Waals surface area contributed by atoms with E-state index in [4.69, 9.17) is 14.7 Å². The zero-order valence-electron chi connectivity index (χ0n) is 3.51. The van der Waals surface area contributed by atoms with Crippen LogP contribution in [0.25, 0.3) is 0 Å². The summed E-state index contributed by atoms with van der Waals surface area (Å²) in [4.78, 5) is 22.2. The Hall–Kier alpha value is 0.767. The van der Waals surface area contributed by atoms with E-state index in [1.165, 1.54) is 0 Å². The summed E-state index contributed by atoms with van der Waals surface area (Å²) < 4.78 is 20.8. The monoisotopic (exact) mass is 126 g/mol. The predicted molar refractivity (Wildman–Crippen MR) is 13.6 cm³/mol. The molecule has 40 valence electrons. The third-order valence-electron chi connectivity index (χ3n) is 0. The fraction of sp³-hybridized carbons (Fsp3) is 0. The number of hydrogen-bond acceptors (Lipinski definition) is 3. The fourth-order valence-electron chi connectivity index (χ4n) is 0. The molecule has 0 heterocycles. The Bertz CT molecular complexity index is 46.1. The van der Waals surface area contributed by atoms with Crippen molar-refractivity contribution < 1.29 is 41.9 Å². The average molecular weight is 126 g/mol. The molecule has 0 aromatic rings. The Balaban J connectivity index is 0. The second-order valence-electron chi connectivity index (χ2n) is 0.757. The zero-order chi connectivity index (χ0) is 5.45. The van der Waals surface area contributed by atoms with E-state index in [0.29, 0.717) is 0 Å². The van der Waals surface area contributed by atoms with Gasteiger partial charge in [0.25, 0.3) is 0 Å². The van der Waals surface area contributed by atoms with E-state index in [1.54, 1.807) is 0 Å². The summed E-state index contributed by atoms with van der Waals surface area (Å²) in [6, 6.07) is 0. The summed E-state index contributed by atoms with van der Waals surface area (Å²) in [5.74, 6) is 0. The third kappa shape index (κ3) is 261. The summed E-state index contributed by atoms with van der Waals surface area (Å²) in [6.07, 6.45) is 0. The van der Waals surface area contributed by atoms with Gasteiger partial charge in [-0.15, -0.1) is 0 Å². The topological polar surface area (TPSA) is 63.5 Å². The SMILES string of the molecule is [Li+].[O-]P(O)(O)(F)F. The Morgan fingerprint density at radius 1 is 1.29 bits per heavy atom. The van der Waals surface area contributed by atoms with Crippen molar-refractivity contribution in [3.63, 3.8) is 0 Å². The molecular formula is H2F2LiO3P. The van der Waals surface area contributed by atoms with Crippen molar-refractivity contribution in [1.29, 1.82) is 0 Å². The van der Waals surface area contributed by atoms with Gasteiger partial charge in [0, 0.05) is 0 Å². The van der Waals surface area contributed by atoms with Gasteiger partial charge < -0.3 is 0 Å². The molecule has 0 fully saturated rings. The van der Waals surface area contributed by atoms with E-state index in [1.807, 2.05) is 0 Å². The van der Waals surface area contributed by atoms with Crippen LogP contribution >= 0.6 is 7.91 Å². The zero-order valence-corrected chi connectivity index (χ0v) is 4.40. The second-order valence-corrected chi connectivity index (χ2v) is 2.27. The Morgan fingerprint density at radius 3 is 1.29 bits per heavy atom. The summed E-state index contributed by atoms with van der Waals surface area (Å²) in [6.45, 7) is 0. The average Bonchev–Trinajstić information content (AvgIpc) is 0.650. The fourth-order valence-corrected chi connectivity index (χ4v) is 0. The molecule has 0 aromatic heterocycles. The van der Waals surface area contributed by atoms with Gasteiger partial charge in [0.2, 0.25) is 0 Å². The molecule has 0 radical (unpaired) electrons. The predicted octanol–water partition coefficient (Wildman–Crippen LogP) is -3.60. The van der Waals surface area contributed by atoms with Crippen molar-refractivity contribution in [2.45, 2.75) is 0 Å². The molecule has 0 aromatic carbocycles. The van der Waals surface area contributed by atoms with E-state index in [9.17, 15) is 8.39 Å². The van der Waals surface area contributed by atoms with Crippen molar-refractivity contribution in [3.8, 4) is 0 Å². The van der Waals surface area contributed by atoms with E-state index < -0.39 is 7.91 Å². The molecule has 0 atom stereocenters. The first kappa shape index (κ1) is 10.7. The van der Waals surface area contributed by atoms with Gasteiger partial charge in [-0.3, -0.25) is 0 Å². The van der Waals surface area contributed by atoms with Gasteiger partial charge in [-0.2, -0.15) is 0 Å². The summed E-state index contributed by atoms with van der Waals surface area (Å²) in [7, 11) is -7.30. The van der Waals surface area contributed by atoms with Gasteiger partial charge in [-0.25, -0.2) is 0 Å². The van der Waals surface area contributed by atoms with Gasteiger partial charge >= 0.3 is 49.8 Å². The number of rotatable bonds is 0. The first-order valence-corrected chi connectivity index (χ1v) is 2.76. The minimum atomic E-state index is -7.30. The van der Waals surface area contributed by atoms with Crippen LogP contribution in [0.3, 0.4) is 0 Å². The van der Waals surface area contributed by atoms with Gasteiger partial charge in [-0.1, -0.05) is 0 Å². The Labute approximate surface area is 50.6 Å². The molecule has 3 nitrogen and oxygen atoms in total. The summed E-state index contributed by atoms with van der Waals surface area (Å²) in [5, 5.41) is 0. The first-order valence-electron chi connectivity index (χ1n) is 0.921. The molecule has 0 aliphatic heterocycles. The molecule has 7 heteroatoms. The molecule has 0 bridgehead atoms. The molecule has 0 aliphatic rings. The van der Waals surface area contributed by atoms with Crippen molar-refractivity contribution in [3.05, 3.63) is 0 Å². The minimum absolute atomic E-state index is 0. The van der Waals surface area contributed by atoms with Crippen LogP contribution in [-0.4, -0.2) is 9.79 Å². The van der Waals surface area contributed by atoms with Crippen LogP contribution in [0.4, 0.5) is 8.39 Å². The Kier molecular flexibility index (Phi) is 2.97. The molecule has 0 spiro atoms. The normalized spacial score (nSPS) is 16.4. The molecule has 0 rings (SSSR count). The molecule has 0 saturated carbocycles. The number of halogens is 2. The van der Waals surface area contributed by atoms with Crippen molar-refractivity contribution in [2.24, 2.45) is 0 Å². The van der Waals surface area contributed by atoms with Crippen LogP contribution in [0, 0.1) is 0 Å². The van der Waals surface area contributed by atoms with Crippen LogP contribution < -0.4 is 23.8 Å². The van der Waals surface area contributed by atoms with E-state index in [-0.39, 0.29) is 18.9 Å². The molecule has 7 heavy (non-hydrogen) atoms. The molecular weight excluding hydrogens is 124 g/mol. The third-order valence-corrected chi connectivity index (χ3v) is 0. The standard InChI is InChI=1S/F2H2O3P.Li/c1-6(2,3,4)5;/h3-4H;/q-1;+1. The molecule has 0 saturated heterocycles. The first-order chi connectivity index (χ1) is 2.24. The van der Waals surface area contributed by atoms with Crippen molar-refractivity contribution in [2.75, 3.05) is 0 Å². The van der Waals surface area contributed by atoms with Crippen LogP contribution in [0.1, 0.15) is 0 Å². The number of hydrogen-bond donors (Lipinski definition) is 2. The molecule has 0 amide bonds.